The van der Waals surface area contributed by atoms with Crippen molar-refractivity contribution in [2.24, 2.45) is 0 Å². The molecule has 1 aliphatic rings. The molecule has 0 aliphatic heterocycles. The van der Waals surface area contributed by atoms with E-state index in [4.69, 9.17) is 4.74 Å². The lowest BCUT2D eigenvalue weighted by molar-refractivity contribution is -0.143. The van der Waals surface area contributed by atoms with Crippen LogP contribution in [0.2, 0.25) is 0 Å². The van der Waals surface area contributed by atoms with Gasteiger partial charge in [-0.25, -0.2) is 4.79 Å². The van der Waals surface area contributed by atoms with E-state index in [2.05, 4.69) is 5.32 Å². The lowest BCUT2D eigenvalue weighted by Gasteiger charge is -2.16. The van der Waals surface area contributed by atoms with Crippen LogP contribution in [-0.2, 0) is 14.3 Å². The Balaban J connectivity index is 1.58. The van der Waals surface area contributed by atoms with Crippen molar-refractivity contribution in [3.05, 3.63) is 44.8 Å². The summed E-state index contributed by atoms with van der Waals surface area (Å²) in [6.07, 6.45) is 8.62. The highest BCUT2D eigenvalue weighted by molar-refractivity contribution is 7.12. The number of hydrogen-bond acceptors (Lipinski definition) is 5. The van der Waals surface area contributed by atoms with Crippen LogP contribution in [0.5, 0.6) is 0 Å². The largest absolute Gasteiger partial charge is 0.452 e. The molecule has 138 valence electrons. The highest BCUT2D eigenvalue weighted by Crippen LogP contribution is 2.25. The molecule has 1 fully saturated rings. The summed E-state index contributed by atoms with van der Waals surface area (Å²) >= 11 is 3.04. The Bertz CT molecular complexity index is 727. The zero-order valence-electron chi connectivity index (χ0n) is 14.6. The topological polar surface area (TPSA) is 55.4 Å². The maximum Gasteiger partial charge on any atom is 0.340 e. The van der Waals surface area contributed by atoms with Gasteiger partial charge in [0.15, 0.2) is 6.61 Å². The van der Waals surface area contributed by atoms with Crippen molar-refractivity contribution in [3.8, 4) is 0 Å². The third-order valence-electron chi connectivity index (χ3n) is 4.39. The maximum absolute atomic E-state index is 12.6. The van der Waals surface area contributed by atoms with E-state index in [1.165, 1.54) is 24.2 Å². The van der Waals surface area contributed by atoms with Crippen LogP contribution >= 0.6 is 22.7 Å². The highest BCUT2D eigenvalue weighted by Gasteiger charge is 2.19. The molecule has 3 rings (SSSR count). The molecule has 0 bridgehead atoms. The molecule has 0 aromatic carbocycles. The minimum atomic E-state index is -0.461. The Morgan fingerprint density at radius 2 is 1.81 bits per heavy atom. The summed E-state index contributed by atoms with van der Waals surface area (Å²) in [6.45, 7) is -0.234. The summed E-state index contributed by atoms with van der Waals surface area (Å²) in [5, 5.41) is 6.88. The number of thiophene rings is 2. The van der Waals surface area contributed by atoms with E-state index in [9.17, 15) is 9.59 Å². The number of ether oxygens (including phenoxy) is 1. The SMILES string of the molecule is O=C(COC(=O)/C(=C\c1cccs1)c1cccs1)NC1CCCCCC1. The molecule has 6 heteroatoms. The van der Waals surface area contributed by atoms with Crippen LogP contribution in [0.15, 0.2) is 35.0 Å². The Morgan fingerprint density at radius 3 is 2.46 bits per heavy atom. The number of esters is 1. The van der Waals surface area contributed by atoms with Crippen LogP contribution < -0.4 is 5.32 Å². The molecule has 2 heterocycles. The quantitative estimate of drug-likeness (QED) is 0.441. The lowest BCUT2D eigenvalue weighted by Crippen LogP contribution is -2.37. The molecule has 0 atom stereocenters. The van der Waals surface area contributed by atoms with Gasteiger partial charge in [0, 0.05) is 15.8 Å². The Kier molecular flexibility index (Phi) is 7.03. The van der Waals surface area contributed by atoms with Gasteiger partial charge >= 0.3 is 5.97 Å². The molecule has 1 saturated carbocycles. The van der Waals surface area contributed by atoms with Crippen LogP contribution in [0.1, 0.15) is 48.3 Å². The summed E-state index contributed by atoms with van der Waals surface area (Å²) in [4.78, 5) is 26.5. The van der Waals surface area contributed by atoms with Crippen LogP contribution in [0, 0.1) is 0 Å². The summed E-state index contributed by atoms with van der Waals surface area (Å²) < 4.78 is 5.30. The summed E-state index contributed by atoms with van der Waals surface area (Å²) in [7, 11) is 0. The van der Waals surface area contributed by atoms with Crippen molar-refractivity contribution in [3.63, 3.8) is 0 Å². The monoisotopic (exact) mass is 389 g/mol. The Morgan fingerprint density at radius 1 is 1.08 bits per heavy atom. The standard InChI is InChI=1S/C20H23NO3S2/c22-19(21-15-7-3-1-2-4-8-15)14-24-20(23)17(18-10-6-12-26-18)13-16-9-5-11-25-16/h5-6,9-13,15H,1-4,7-8,14H2,(H,21,22)/b17-13-. The van der Waals surface area contributed by atoms with Crippen LogP contribution in [0.3, 0.4) is 0 Å². The average molecular weight is 390 g/mol. The molecule has 1 amide bonds. The summed E-state index contributed by atoms with van der Waals surface area (Å²) in [5.74, 6) is -0.677. The van der Waals surface area contributed by atoms with Crippen molar-refractivity contribution < 1.29 is 14.3 Å². The molecule has 2 aromatic heterocycles. The van der Waals surface area contributed by atoms with Crippen LogP contribution in [0.25, 0.3) is 11.6 Å². The second-order valence-corrected chi connectivity index (χ2v) is 8.31. The number of amides is 1. The van der Waals surface area contributed by atoms with E-state index in [1.807, 2.05) is 41.1 Å². The molecule has 2 aromatic rings. The fourth-order valence-corrected chi connectivity index (χ4v) is 4.47. The van der Waals surface area contributed by atoms with Crippen molar-refractivity contribution in [2.75, 3.05) is 6.61 Å². The van der Waals surface area contributed by atoms with E-state index in [0.717, 1.165) is 35.4 Å². The molecule has 0 spiro atoms. The molecule has 26 heavy (non-hydrogen) atoms. The van der Waals surface area contributed by atoms with Crippen molar-refractivity contribution in [1.29, 1.82) is 0 Å². The molecule has 0 radical (unpaired) electrons. The Hall–Kier alpha value is -1.92. The zero-order chi connectivity index (χ0) is 18.2. The molecule has 0 saturated heterocycles. The predicted molar refractivity (Wildman–Crippen MR) is 107 cm³/mol. The van der Waals surface area contributed by atoms with Crippen molar-refractivity contribution >= 4 is 46.2 Å². The van der Waals surface area contributed by atoms with Crippen molar-refractivity contribution in [2.45, 2.75) is 44.6 Å². The van der Waals surface area contributed by atoms with Gasteiger partial charge in [-0.3, -0.25) is 4.79 Å². The van der Waals surface area contributed by atoms with E-state index < -0.39 is 5.97 Å². The molecular weight excluding hydrogens is 366 g/mol. The fourth-order valence-electron chi connectivity index (χ4n) is 3.08. The van der Waals surface area contributed by atoms with Gasteiger partial charge in [-0.05, 0) is 41.8 Å². The molecule has 1 N–H and O–H groups in total. The van der Waals surface area contributed by atoms with E-state index >= 15 is 0 Å². The first kappa shape index (κ1) is 18.9. The number of hydrogen-bond donors (Lipinski definition) is 1. The van der Waals surface area contributed by atoms with E-state index in [1.54, 1.807) is 11.3 Å². The summed E-state index contributed by atoms with van der Waals surface area (Å²) in [6, 6.07) is 7.88. The third-order valence-corrected chi connectivity index (χ3v) is 6.11. The number of rotatable bonds is 6. The first-order valence-electron chi connectivity index (χ1n) is 8.98. The molecule has 1 aliphatic carbocycles. The zero-order valence-corrected chi connectivity index (χ0v) is 16.2. The lowest BCUT2D eigenvalue weighted by atomic mass is 10.1. The number of carbonyl (C=O) groups is 2. The Labute approximate surface area is 161 Å². The number of carbonyl (C=O) groups excluding carboxylic acids is 2. The van der Waals surface area contributed by atoms with Gasteiger partial charge in [-0.1, -0.05) is 37.8 Å². The van der Waals surface area contributed by atoms with Gasteiger partial charge in [0.1, 0.15) is 0 Å². The minimum absolute atomic E-state index is 0.210. The van der Waals surface area contributed by atoms with Gasteiger partial charge in [0.25, 0.3) is 5.91 Å². The van der Waals surface area contributed by atoms with E-state index in [0.29, 0.717) is 5.57 Å². The maximum atomic E-state index is 12.6. The smallest absolute Gasteiger partial charge is 0.340 e. The first-order valence-corrected chi connectivity index (χ1v) is 10.7. The molecule has 4 nitrogen and oxygen atoms in total. The third kappa shape index (κ3) is 5.54. The fraction of sp³-hybridized carbons (Fsp3) is 0.400. The van der Waals surface area contributed by atoms with Gasteiger partial charge < -0.3 is 10.1 Å². The highest BCUT2D eigenvalue weighted by atomic mass is 32.1. The first-order chi connectivity index (χ1) is 12.7. The van der Waals surface area contributed by atoms with Crippen molar-refractivity contribution in [1.82, 2.24) is 5.32 Å². The predicted octanol–water partition coefficient (Wildman–Crippen LogP) is 4.73. The molecular formula is C20H23NO3S2. The van der Waals surface area contributed by atoms with E-state index in [-0.39, 0.29) is 18.6 Å². The minimum Gasteiger partial charge on any atom is -0.452 e. The number of nitrogens with one attached hydrogen (secondary N) is 1. The second kappa shape index (κ2) is 9.69. The normalized spacial score (nSPS) is 16.1. The van der Waals surface area contributed by atoms with Gasteiger partial charge in [0.05, 0.1) is 5.57 Å². The van der Waals surface area contributed by atoms with Crippen LogP contribution in [0.4, 0.5) is 0 Å². The second-order valence-electron chi connectivity index (χ2n) is 6.38. The average Bonchev–Trinajstić information content (AvgIpc) is 3.29. The summed E-state index contributed by atoms with van der Waals surface area (Å²) in [5.41, 5.74) is 0.490. The van der Waals surface area contributed by atoms with Gasteiger partial charge in [0.2, 0.25) is 0 Å². The van der Waals surface area contributed by atoms with Gasteiger partial charge in [-0.15, -0.1) is 22.7 Å². The molecule has 0 unspecified atom stereocenters. The van der Waals surface area contributed by atoms with Gasteiger partial charge in [-0.2, -0.15) is 0 Å². The van der Waals surface area contributed by atoms with Crippen LogP contribution in [-0.4, -0.2) is 24.5 Å².